The summed E-state index contributed by atoms with van der Waals surface area (Å²) in [6.45, 7) is 1.87. The van der Waals surface area contributed by atoms with Crippen LogP contribution in [0.3, 0.4) is 0 Å². The van der Waals surface area contributed by atoms with Gasteiger partial charge in [0.05, 0.1) is 11.2 Å². The summed E-state index contributed by atoms with van der Waals surface area (Å²) in [6, 6.07) is 0. The highest BCUT2D eigenvalue weighted by Gasteiger charge is 2.09. The smallest absolute Gasteiger partial charge is 0.328 e. The number of carboxylic acids is 1. The standard InChI is InChI=1S/C9H7N3O3S/c1-5-10-4-6(16-5)9-12-11-7(15-9)2-3-8(13)14/h2-4H,1H3,(H,13,14)/b3-2+. The van der Waals surface area contributed by atoms with Crippen molar-refractivity contribution in [2.45, 2.75) is 6.92 Å². The van der Waals surface area contributed by atoms with E-state index in [9.17, 15) is 4.79 Å². The van der Waals surface area contributed by atoms with Crippen molar-refractivity contribution in [2.24, 2.45) is 0 Å². The third-order valence-electron chi connectivity index (χ3n) is 1.64. The van der Waals surface area contributed by atoms with E-state index in [0.29, 0.717) is 5.89 Å². The molecule has 0 saturated heterocycles. The van der Waals surface area contributed by atoms with Crippen LogP contribution in [0, 0.1) is 6.92 Å². The molecule has 2 rings (SSSR count). The summed E-state index contributed by atoms with van der Waals surface area (Å²) in [6.07, 6.45) is 3.82. The molecule has 0 aromatic carbocycles. The Labute approximate surface area is 94.3 Å². The molecule has 0 radical (unpaired) electrons. The number of rotatable bonds is 3. The maximum atomic E-state index is 10.3. The van der Waals surface area contributed by atoms with Crippen molar-refractivity contribution in [3.63, 3.8) is 0 Å². The van der Waals surface area contributed by atoms with Crippen LogP contribution in [0.4, 0.5) is 0 Å². The normalized spacial score (nSPS) is 11.1. The van der Waals surface area contributed by atoms with E-state index >= 15 is 0 Å². The summed E-state index contributed by atoms with van der Waals surface area (Å²) < 4.78 is 5.23. The molecule has 0 aliphatic carbocycles. The second-order valence-electron chi connectivity index (χ2n) is 2.86. The van der Waals surface area contributed by atoms with Gasteiger partial charge >= 0.3 is 5.97 Å². The fraction of sp³-hybridized carbons (Fsp3) is 0.111. The minimum atomic E-state index is -1.06. The summed E-state index contributed by atoms with van der Waals surface area (Å²) in [7, 11) is 0. The predicted molar refractivity (Wildman–Crippen MR) is 56.8 cm³/mol. The Hall–Kier alpha value is -2.02. The first kappa shape index (κ1) is 10.5. The molecule has 2 aromatic heterocycles. The molecule has 2 aromatic rings. The topological polar surface area (TPSA) is 89.1 Å². The number of nitrogens with zero attached hydrogens (tertiary/aromatic N) is 3. The number of carboxylic acid groups (broad SMARTS) is 1. The monoisotopic (exact) mass is 237 g/mol. The fourth-order valence-corrected chi connectivity index (χ4v) is 1.70. The lowest BCUT2D eigenvalue weighted by molar-refractivity contribution is -0.131. The van der Waals surface area contributed by atoms with Crippen LogP contribution in [-0.2, 0) is 4.79 Å². The van der Waals surface area contributed by atoms with E-state index in [2.05, 4.69) is 15.2 Å². The van der Waals surface area contributed by atoms with Gasteiger partial charge in [-0.3, -0.25) is 0 Å². The van der Waals surface area contributed by atoms with Gasteiger partial charge < -0.3 is 9.52 Å². The van der Waals surface area contributed by atoms with Gasteiger partial charge in [-0.2, -0.15) is 0 Å². The molecule has 0 fully saturated rings. The van der Waals surface area contributed by atoms with E-state index in [4.69, 9.17) is 9.52 Å². The van der Waals surface area contributed by atoms with Crippen LogP contribution in [0.25, 0.3) is 16.8 Å². The third kappa shape index (κ3) is 2.31. The van der Waals surface area contributed by atoms with Crippen LogP contribution in [0.15, 0.2) is 16.7 Å². The molecule has 0 saturated carbocycles. The van der Waals surface area contributed by atoms with Crippen LogP contribution >= 0.6 is 11.3 Å². The molecule has 0 spiro atoms. The average Bonchev–Trinajstić information content (AvgIpc) is 2.83. The molecule has 0 aliphatic rings. The van der Waals surface area contributed by atoms with Crippen LogP contribution in [-0.4, -0.2) is 26.3 Å². The average molecular weight is 237 g/mol. The molecule has 0 unspecified atom stereocenters. The fourth-order valence-electron chi connectivity index (χ4n) is 1.00. The first-order valence-corrected chi connectivity index (χ1v) is 5.14. The zero-order valence-corrected chi connectivity index (χ0v) is 9.06. The molecule has 0 amide bonds. The van der Waals surface area contributed by atoms with E-state index in [1.54, 1.807) is 6.20 Å². The molecule has 82 valence electrons. The summed E-state index contributed by atoms with van der Waals surface area (Å²) in [5.41, 5.74) is 0. The van der Waals surface area contributed by atoms with Gasteiger partial charge in [-0.1, -0.05) is 0 Å². The number of aryl methyl sites for hydroxylation is 1. The van der Waals surface area contributed by atoms with Crippen molar-refractivity contribution in [1.29, 1.82) is 0 Å². The molecule has 0 aliphatic heterocycles. The van der Waals surface area contributed by atoms with Gasteiger partial charge in [0.2, 0.25) is 5.89 Å². The van der Waals surface area contributed by atoms with Gasteiger partial charge in [0.15, 0.2) is 0 Å². The Kier molecular flexibility index (Phi) is 2.78. The quantitative estimate of drug-likeness (QED) is 0.815. The molecule has 0 atom stereocenters. The molecule has 1 N–H and O–H groups in total. The minimum Gasteiger partial charge on any atom is -0.478 e. The molecule has 16 heavy (non-hydrogen) atoms. The Bertz CT molecular complexity index is 544. The second-order valence-corrected chi connectivity index (χ2v) is 4.10. The second kappa shape index (κ2) is 4.23. The molecule has 0 bridgehead atoms. The molecular weight excluding hydrogens is 230 g/mol. The number of hydrogen-bond donors (Lipinski definition) is 1. The Balaban J connectivity index is 2.23. The maximum Gasteiger partial charge on any atom is 0.328 e. The number of hydrogen-bond acceptors (Lipinski definition) is 6. The molecular formula is C9H7N3O3S. The van der Waals surface area contributed by atoms with Crippen molar-refractivity contribution < 1.29 is 14.3 Å². The lowest BCUT2D eigenvalue weighted by Crippen LogP contribution is -1.85. The number of aromatic nitrogens is 3. The molecule has 2 heterocycles. The minimum absolute atomic E-state index is 0.156. The van der Waals surface area contributed by atoms with Gasteiger partial charge in [-0.05, 0) is 6.92 Å². The van der Waals surface area contributed by atoms with Gasteiger partial charge in [0, 0.05) is 12.2 Å². The highest BCUT2D eigenvalue weighted by molar-refractivity contribution is 7.14. The van der Waals surface area contributed by atoms with E-state index in [1.807, 2.05) is 6.92 Å². The Morgan fingerprint density at radius 3 is 3.00 bits per heavy atom. The lowest BCUT2D eigenvalue weighted by Gasteiger charge is -1.83. The van der Waals surface area contributed by atoms with E-state index in [1.165, 1.54) is 17.4 Å². The van der Waals surface area contributed by atoms with E-state index < -0.39 is 5.97 Å². The van der Waals surface area contributed by atoms with Crippen LogP contribution < -0.4 is 0 Å². The Morgan fingerprint density at radius 1 is 1.56 bits per heavy atom. The summed E-state index contributed by atoms with van der Waals surface area (Å²) in [5, 5.41) is 16.8. The van der Waals surface area contributed by atoms with Crippen LogP contribution in [0.5, 0.6) is 0 Å². The zero-order valence-electron chi connectivity index (χ0n) is 8.25. The maximum absolute atomic E-state index is 10.3. The summed E-state index contributed by atoms with van der Waals surface area (Å²) in [4.78, 5) is 15.1. The van der Waals surface area contributed by atoms with Gasteiger partial charge in [-0.15, -0.1) is 21.5 Å². The van der Waals surface area contributed by atoms with Crippen molar-refractivity contribution in [2.75, 3.05) is 0 Å². The highest BCUT2D eigenvalue weighted by atomic mass is 32.1. The van der Waals surface area contributed by atoms with Gasteiger partial charge in [0.1, 0.15) is 4.88 Å². The Morgan fingerprint density at radius 2 is 2.38 bits per heavy atom. The van der Waals surface area contributed by atoms with Crippen molar-refractivity contribution in [3.8, 4) is 10.8 Å². The number of aliphatic carboxylic acids is 1. The molecule has 7 heteroatoms. The zero-order chi connectivity index (χ0) is 11.5. The molecule has 6 nitrogen and oxygen atoms in total. The van der Waals surface area contributed by atoms with Crippen LogP contribution in [0.2, 0.25) is 0 Å². The van der Waals surface area contributed by atoms with Crippen molar-refractivity contribution in [3.05, 3.63) is 23.2 Å². The summed E-state index contributed by atoms with van der Waals surface area (Å²) in [5.74, 6) is -0.563. The van der Waals surface area contributed by atoms with E-state index in [0.717, 1.165) is 16.0 Å². The predicted octanol–water partition coefficient (Wildman–Crippen LogP) is 1.60. The lowest BCUT2D eigenvalue weighted by atomic mass is 10.5. The first-order chi connectivity index (χ1) is 7.65. The first-order valence-electron chi connectivity index (χ1n) is 4.32. The van der Waals surface area contributed by atoms with E-state index in [-0.39, 0.29) is 5.89 Å². The van der Waals surface area contributed by atoms with Crippen molar-refractivity contribution >= 4 is 23.4 Å². The summed E-state index contributed by atoms with van der Waals surface area (Å²) >= 11 is 1.43. The van der Waals surface area contributed by atoms with Gasteiger partial charge in [-0.25, -0.2) is 9.78 Å². The van der Waals surface area contributed by atoms with Gasteiger partial charge in [0.25, 0.3) is 5.89 Å². The highest BCUT2D eigenvalue weighted by Crippen LogP contribution is 2.24. The van der Waals surface area contributed by atoms with Crippen LogP contribution in [0.1, 0.15) is 10.9 Å². The largest absolute Gasteiger partial charge is 0.478 e. The third-order valence-corrected chi connectivity index (χ3v) is 2.54. The number of thiazole rings is 1. The number of carbonyl (C=O) groups is 1. The SMILES string of the molecule is Cc1ncc(-c2nnc(/C=C/C(=O)O)o2)s1. The van der Waals surface area contributed by atoms with Crippen molar-refractivity contribution in [1.82, 2.24) is 15.2 Å².